The van der Waals surface area contributed by atoms with Gasteiger partial charge >= 0.3 is 0 Å². The number of benzene rings is 2. The summed E-state index contributed by atoms with van der Waals surface area (Å²) in [5.41, 5.74) is 1.03. The summed E-state index contributed by atoms with van der Waals surface area (Å²) in [5.74, 6) is -2.14. The molecule has 0 spiro atoms. The van der Waals surface area contributed by atoms with E-state index in [-0.39, 0.29) is 11.3 Å². The van der Waals surface area contributed by atoms with Crippen LogP contribution in [0.25, 0.3) is 11.0 Å². The standard InChI is InChI=1S/C24H21BrFNO4/c1-2-3-4-11-27-21(14-5-8-17(26)9-6-14)20(23(29)24(27)30)22(28)19-13-15-12-16(25)7-10-18(15)31-19/h5-10,12-13,21,29H,2-4,11H2,1H3. The number of hydrogen-bond donors (Lipinski definition) is 1. The number of aliphatic hydroxyl groups is 1. The van der Waals surface area contributed by atoms with Gasteiger partial charge in [-0.25, -0.2) is 4.39 Å². The molecule has 7 heteroatoms. The number of carbonyl (C=O) groups excluding carboxylic acids is 2. The molecular formula is C24H21BrFNO4. The number of rotatable bonds is 7. The fraction of sp³-hybridized carbons (Fsp3) is 0.250. The van der Waals surface area contributed by atoms with Crippen LogP contribution in [0.15, 0.2) is 68.8 Å². The molecule has 2 aromatic carbocycles. The lowest BCUT2D eigenvalue weighted by atomic mass is 9.95. The van der Waals surface area contributed by atoms with Crippen LogP contribution in [0.4, 0.5) is 4.39 Å². The molecule has 1 atom stereocenters. The highest BCUT2D eigenvalue weighted by molar-refractivity contribution is 9.10. The third kappa shape index (κ3) is 4.02. The summed E-state index contributed by atoms with van der Waals surface area (Å²) in [6, 6.07) is 11.7. The van der Waals surface area contributed by atoms with Gasteiger partial charge in [0.2, 0.25) is 5.78 Å². The number of ketones is 1. The molecule has 31 heavy (non-hydrogen) atoms. The molecule has 1 aliphatic rings. The van der Waals surface area contributed by atoms with Gasteiger partial charge in [-0.15, -0.1) is 0 Å². The Labute approximate surface area is 187 Å². The largest absolute Gasteiger partial charge is 0.503 e. The van der Waals surface area contributed by atoms with Gasteiger partial charge in [0.25, 0.3) is 5.91 Å². The first-order valence-corrected chi connectivity index (χ1v) is 10.9. The highest BCUT2D eigenvalue weighted by Gasteiger charge is 2.44. The van der Waals surface area contributed by atoms with Crippen molar-refractivity contribution in [2.45, 2.75) is 32.2 Å². The molecule has 5 nitrogen and oxygen atoms in total. The molecule has 4 rings (SSSR count). The molecule has 0 fully saturated rings. The molecule has 0 saturated heterocycles. The monoisotopic (exact) mass is 485 g/mol. The van der Waals surface area contributed by atoms with Crippen LogP contribution in [-0.4, -0.2) is 28.2 Å². The first-order chi connectivity index (χ1) is 14.9. The number of carbonyl (C=O) groups is 2. The smallest absolute Gasteiger partial charge is 0.290 e. The summed E-state index contributed by atoms with van der Waals surface area (Å²) in [7, 11) is 0. The van der Waals surface area contributed by atoms with Crippen LogP contribution in [0.3, 0.4) is 0 Å². The van der Waals surface area contributed by atoms with Crippen molar-refractivity contribution in [1.82, 2.24) is 4.90 Å². The van der Waals surface area contributed by atoms with E-state index >= 15 is 0 Å². The highest BCUT2D eigenvalue weighted by Crippen LogP contribution is 2.40. The molecule has 2 heterocycles. The second-order valence-electron chi connectivity index (χ2n) is 7.54. The number of unbranched alkanes of at least 4 members (excludes halogenated alkanes) is 2. The summed E-state index contributed by atoms with van der Waals surface area (Å²) in [5, 5.41) is 11.4. The predicted molar refractivity (Wildman–Crippen MR) is 118 cm³/mol. The van der Waals surface area contributed by atoms with Crippen LogP contribution in [0.1, 0.15) is 48.3 Å². The summed E-state index contributed by atoms with van der Waals surface area (Å²) in [4.78, 5) is 27.8. The van der Waals surface area contributed by atoms with E-state index in [4.69, 9.17) is 4.42 Å². The van der Waals surface area contributed by atoms with E-state index in [0.717, 1.165) is 29.1 Å². The molecule has 0 radical (unpaired) electrons. The summed E-state index contributed by atoms with van der Waals surface area (Å²) in [6.45, 7) is 2.43. The minimum Gasteiger partial charge on any atom is -0.503 e. The minimum atomic E-state index is -0.808. The second-order valence-corrected chi connectivity index (χ2v) is 8.46. The van der Waals surface area contributed by atoms with Gasteiger partial charge in [-0.05, 0) is 48.4 Å². The summed E-state index contributed by atoms with van der Waals surface area (Å²) < 4.78 is 20.1. The van der Waals surface area contributed by atoms with E-state index in [0.29, 0.717) is 17.7 Å². The van der Waals surface area contributed by atoms with Gasteiger partial charge < -0.3 is 14.4 Å². The number of aliphatic hydroxyl groups excluding tert-OH is 1. The maximum Gasteiger partial charge on any atom is 0.290 e. The SMILES string of the molecule is CCCCCN1C(=O)C(O)=C(C(=O)c2cc3cc(Br)ccc3o2)C1c1ccc(F)cc1. The van der Waals surface area contributed by atoms with Gasteiger partial charge in [-0.1, -0.05) is 47.8 Å². The van der Waals surface area contributed by atoms with Crippen LogP contribution in [-0.2, 0) is 4.79 Å². The van der Waals surface area contributed by atoms with Gasteiger partial charge in [-0.3, -0.25) is 9.59 Å². The van der Waals surface area contributed by atoms with Gasteiger partial charge in [0, 0.05) is 16.4 Å². The van der Waals surface area contributed by atoms with Gasteiger partial charge in [0.05, 0.1) is 11.6 Å². The maximum absolute atomic E-state index is 13.5. The maximum atomic E-state index is 13.5. The summed E-state index contributed by atoms with van der Waals surface area (Å²) in [6.07, 6.45) is 2.60. The van der Waals surface area contributed by atoms with E-state index in [1.807, 2.05) is 13.0 Å². The zero-order valence-electron chi connectivity index (χ0n) is 16.9. The van der Waals surface area contributed by atoms with Crippen LogP contribution in [0, 0.1) is 5.82 Å². The molecule has 0 saturated carbocycles. The Balaban J connectivity index is 1.76. The first-order valence-electron chi connectivity index (χ1n) is 10.1. The number of fused-ring (bicyclic) bond motifs is 1. The Hall–Kier alpha value is -2.93. The Bertz CT molecular complexity index is 1180. The van der Waals surface area contributed by atoms with Crippen LogP contribution >= 0.6 is 15.9 Å². The Morgan fingerprint density at radius 3 is 2.61 bits per heavy atom. The Kier molecular flexibility index (Phi) is 5.96. The Morgan fingerprint density at radius 1 is 1.16 bits per heavy atom. The zero-order valence-corrected chi connectivity index (χ0v) is 18.5. The van der Waals surface area contributed by atoms with Gasteiger partial charge in [-0.2, -0.15) is 0 Å². The third-order valence-corrected chi connectivity index (χ3v) is 5.93. The molecule has 0 aliphatic carbocycles. The molecule has 3 aromatic rings. The van der Waals surface area contributed by atoms with E-state index in [9.17, 15) is 19.1 Å². The lowest BCUT2D eigenvalue weighted by molar-refractivity contribution is -0.129. The van der Waals surface area contributed by atoms with Crippen molar-refractivity contribution >= 4 is 38.6 Å². The van der Waals surface area contributed by atoms with Crippen molar-refractivity contribution in [3.63, 3.8) is 0 Å². The molecule has 1 N–H and O–H groups in total. The van der Waals surface area contributed by atoms with E-state index < -0.39 is 29.3 Å². The fourth-order valence-corrected chi connectivity index (χ4v) is 4.28. The average Bonchev–Trinajstić information content (AvgIpc) is 3.28. The molecular weight excluding hydrogens is 465 g/mol. The molecule has 0 bridgehead atoms. The molecule has 1 unspecified atom stereocenters. The van der Waals surface area contributed by atoms with E-state index in [1.165, 1.54) is 29.2 Å². The fourth-order valence-electron chi connectivity index (χ4n) is 3.90. The number of halogens is 2. The lowest BCUT2D eigenvalue weighted by Gasteiger charge is -2.26. The quantitative estimate of drug-likeness (QED) is 0.324. The topological polar surface area (TPSA) is 70.8 Å². The molecule has 1 amide bonds. The van der Waals surface area contributed by atoms with Crippen molar-refractivity contribution in [3.8, 4) is 0 Å². The van der Waals surface area contributed by atoms with Crippen LogP contribution in [0.2, 0.25) is 0 Å². The molecule has 1 aliphatic heterocycles. The van der Waals surface area contributed by atoms with Crippen molar-refractivity contribution in [1.29, 1.82) is 0 Å². The van der Waals surface area contributed by atoms with Crippen LogP contribution in [0.5, 0.6) is 0 Å². The highest BCUT2D eigenvalue weighted by atomic mass is 79.9. The first kappa shape index (κ1) is 21.3. The van der Waals surface area contributed by atoms with Crippen LogP contribution < -0.4 is 0 Å². The van der Waals surface area contributed by atoms with Crippen molar-refractivity contribution in [3.05, 3.63) is 81.5 Å². The van der Waals surface area contributed by atoms with Crippen molar-refractivity contribution in [2.24, 2.45) is 0 Å². The Morgan fingerprint density at radius 2 is 1.90 bits per heavy atom. The van der Waals surface area contributed by atoms with Gasteiger partial charge in [0.15, 0.2) is 11.5 Å². The third-order valence-electron chi connectivity index (χ3n) is 5.44. The molecule has 1 aromatic heterocycles. The molecule has 160 valence electrons. The van der Waals surface area contributed by atoms with Crippen molar-refractivity contribution < 1.29 is 23.5 Å². The normalized spacial score (nSPS) is 16.5. The van der Waals surface area contributed by atoms with Gasteiger partial charge in [0.1, 0.15) is 11.4 Å². The number of nitrogens with zero attached hydrogens (tertiary/aromatic N) is 1. The summed E-state index contributed by atoms with van der Waals surface area (Å²) >= 11 is 3.39. The average molecular weight is 486 g/mol. The zero-order chi connectivity index (χ0) is 22.1. The minimum absolute atomic E-state index is 0.0324. The number of amides is 1. The number of furan rings is 1. The predicted octanol–water partition coefficient (Wildman–Crippen LogP) is 6.10. The lowest BCUT2D eigenvalue weighted by Crippen LogP contribution is -2.32. The van der Waals surface area contributed by atoms with E-state index in [1.54, 1.807) is 18.2 Å². The number of hydrogen-bond acceptors (Lipinski definition) is 4. The van der Waals surface area contributed by atoms with E-state index in [2.05, 4.69) is 15.9 Å². The number of Topliss-reactive ketones (excluding diaryl/α,β-unsaturated/α-hetero) is 1. The van der Waals surface area contributed by atoms with Crippen molar-refractivity contribution in [2.75, 3.05) is 6.54 Å². The second kappa shape index (κ2) is 8.67.